The summed E-state index contributed by atoms with van der Waals surface area (Å²) < 4.78 is 0. The zero-order chi connectivity index (χ0) is 30.9. The Morgan fingerprint density at radius 3 is 1.95 bits per heavy atom. The van der Waals surface area contributed by atoms with E-state index >= 15 is 0 Å². The lowest BCUT2D eigenvalue weighted by Gasteiger charge is -2.24. The van der Waals surface area contributed by atoms with Gasteiger partial charge in [-0.05, 0) is 56.2 Å². The quantitative estimate of drug-likeness (QED) is 0.0673. The number of carbonyl (C=O) groups is 4. The second-order valence-electron chi connectivity index (χ2n) is 10.2. The molecule has 42 heavy (non-hydrogen) atoms. The van der Waals surface area contributed by atoms with Crippen LogP contribution in [0.5, 0.6) is 0 Å². The Labute approximate surface area is 246 Å². The maximum atomic E-state index is 13.7. The van der Waals surface area contributed by atoms with Gasteiger partial charge in [0.1, 0.15) is 6.04 Å². The van der Waals surface area contributed by atoms with Crippen molar-refractivity contribution >= 4 is 29.5 Å². The Kier molecular flexibility index (Phi) is 14.7. The molecule has 2 aromatic carbocycles. The molecule has 2 rings (SSSR count). The van der Waals surface area contributed by atoms with Crippen molar-refractivity contribution in [3.8, 4) is 0 Å². The van der Waals surface area contributed by atoms with Gasteiger partial charge in [-0.3, -0.25) is 24.2 Å². The predicted molar refractivity (Wildman–Crippen MR) is 163 cm³/mol. The van der Waals surface area contributed by atoms with Crippen LogP contribution in [0.25, 0.3) is 0 Å². The smallest absolute Gasteiger partial charge is 0.239 e. The molecule has 0 aromatic heterocycles. The van der Waals surface area contributed by atoms with Crippen molar-refractivity contribution in [1.29, 1.82) is 0 Å². The summed E-state index contributed by atoms with van der Waals surface area (Å²) in [7, 11) is 0. The molecule has 12 N–H and O–H groups in total. The first-order valence-corrected chi connectivity index (χ1v) is 14.1. The van der Waals surface area contributed by atoms with Crippen LogP contribution in [0.3, 0.4) is 0 Å². The number of hydrogen-bond acceptors (Lipinski definition) is 7. The van der Waals surface area contributed by atoms with Crippen LogP contribution in [-0.4, -0.2) is 60.7 Å². The fourth-order valence-electron chi connectivity index (χ4n) is 4.50. The van der Waals surface area contributed by atoms with Gasteiger partial charge in [-0.2, -0.15) is 0 Å². The molecule has 0 heterocycles. The molecule has 12 nitrogen and oxygen atoms in total. The fourth-order valence-corrected chi connectivity index (χ4v) is 4.50. The monoisotopic (exact) mass is 580 g/mol. The summed E-state index contributed by atoms with van der Waals surface area (Å²) >= 11 is 0. The number of unbranched alkanes of at least 4 members (excludes halogenated alkanes) is 1. The van der Waals surface area contributed by atoms with Gasteiger partial charge in [-0.15, -0.1) is 0 Å². The molecule has 0 saturated heterocycles. The minimum atomic E-state index is -0.941. The summed E-state index contributed by atoms with van der Waals surface area (Å²) in [5.41, 5.74) is 29.6. The van der Waals surface area contributed by atoms with Crippen LogP contribution in [0.2, 0.25) is 0 Å². The van der Waals surface area contributed by atoms with Crippen LogP contribution < -0.4 is 39.3 Å². The number of hydrogen-bond donors (Lipinski definition) is 7. The van der Waals surface area contributed by atoms with Gasteiger partial charge in [0.15, 0.2) is 11.7 Å². The van der Waals surface area contributed by atoms with Gasteiger partial charge in [-0.25, -0.2) is 0 Å². The highest BCUT2D eigenvalue weighted by atomic mass is 16.2. The lowest BCUT2D eigenvalue weighted by Crippen LogP contribution is -2.50. The van der Waals surface area contributed by atoms with Crippen molar-refractivity contribution in [3.63, 3.8) is 0 Å². The first-order valence-electron chi connectivity index (χ1n) is 14.1. The van der Waals surface area contributed by atoms with E-state index in [9.17, 15) is 19.2 Å². The molecule has 2 aromatic rings. The van der Waals surface area contributed by atoms with Crippen molar-refractivity contribution in [3.05, 3.63) is 71.8 Å². The fraction of sp³-hybridized carbons (Fsp3) is 0.433. The third-order valence-electron chi connectivity index (χ3n) is 6.82. The summed E-state index contributed by atoms with van der Waals surface area (Å²) in [6.07, 6.45) is 2.29. The van der Waals surface area contributed by atoms with Gasteiger partial charge in [0.05, 0.1) is 18.0 Å². The Hall–Kier alpha value is -4.29. The topological polar surface area (TPSA) is 235 Å². The molecule has 0 aliphatic heterocycles. The molecule has 3 amide bonds. The number of nitrogens with zero attached hydrogens (tertiary/aromatic N) is 1. The number of aliphatic imine (C=N–C) groups is 1. The third-order valence-corrected chi connectivity index (χ3v) is 6.82. The van der Waals surface area contributed by atoms with E-state index in [1.807, 2.05) is 30.3 Å². The van der Waals surface area contributed by atoms with Gasteiger partial charge >= 0.3 is 0 Å². The average Bonchev–Trinajstić information content (AvgIpc) is 2.97. The van der Waals surface area contributed by atoms with E-state index in [1.54, 1.807) is 30.3 Å². The molecule has 0 spiro atoms. The lowest BCUT2D eigenvalue weighted by atomic mass is 9.89. The molecule has 12 heteroatoms. The maximum absolute atomic E-state index is 13.7. The number of amides is 3. The van der Waals surface area contributed by atoms with Crippen molar-refractivity contribution in [2.24, 2.45) is 33.7 Å². The minimum Gasteiger partial charge on any atom is -0.370 e. The van der Waals surface area contributed by atoms with E-state index in [1.165, 1.54) is 0 Å². The van der Waals surface area contributed by atoms with Gasteiger partial charge in [0.2, 0.25) is 17.7 Å². The molecular weight excluding hydrogens is 536 g/mol. The summed E-state index contributed by atoms with van der Waals surface area (Å²) in [5, 5.41) is 5.48. The zero-order valence-electron chi connectivity index (χ0n) is 23.9. The summed E-state index contributed by atoms with van der Waals surface area (Å²) in [5.74, 6) is -3.06. The summed E-state index contributed by atoms with van der Waals surface area (Å²) in [6.45, 7) is 0.704. The molecule has 4 atom stereocenters. The molecule has 0 saturated carbocycles. The standard InChI is InChI=1S/C30H44N8O4/c31-16-8-7-14-25(27(33)40)38-28(41)22(21-12-5-2-6-13-21)19-26(39)24(15-9-17-36-30(34)35)37-29(42)23(32)18-20-10-3-1-4-11-20/h1-6,10-13,22-25H,7-9,14-19,31-32H2,(H2,33,40)(H,37,42)(H,38,41)(H4,34,35,36)/t22-,23-,24+,25-/m0/s1. The molecular formula is C30H44N8O4. The minimum absolute atomic E-state index is 0.0805. The molecule has 0 aliphatic rings. The number of nitrogens with one attached hydrogen (secondary N) is 2. The van der Waals surface area contributed by atoms with E-state index in [4.69, 9.17) is 28.7 Å². The Morgan fingerprint density at radius 1 is 0.762 bits per heavy atom. The van der Waals surface area contributed by atoms with Crippen LogP contribution in [0, 0.1) is 0 Å². The van der Waals surface area contributed by atoms with Gasteiger partial charge < -0.3 is 39.3 Å². The SMILES string of the molecule is NCCCC[C@H](NC(=O)[C@@H](CC(=O)[C@@H](CCCN=C(N)N)NC(=O)[C@@H](N)Cc1ccccc1)c1ccccc1)C(N)=O. The van der Waals surface area contributed by atoms with Crippen molar-refractivity contribution in [2.45, 2.75) is 69.0 Å². The Bertz CT molecular complexity index is 1170. The third kappa shape index (κ3) is 12.1. The van der Waals surface area contributed by atoms with Crippen molar-refractivity contribution in [2.75, 3.05) is 13.1 Å². The molecule has 0 unspecified atom stereocenters. The number of ketones is 1. The number of primary amides is 1. The highest BCUT2D eigenvalue weighted by Gasteiger charge is 2.31. The van der Waals surface area contributed by atoms with Crippen LogP contribution in [0.4, 0.5) is 0 Å². The van der Waals surface area contributed by atoms with Gasteiger partial charge in [0.25, 0.3) is 0 Å². The van der Waals surface area contributed by atoms with Gasteiger partial charge in [0, 0.05) is 13.0 Å². The number of nitrogens with two attached hydrogens (primary N) is 5. The summed E-state index contributed by atoms with van der Waals surface area (Å²) in [6, 6.07) is 15.3. The molecule has 0 bridgehead atoms. The largest absolute Gasteiger partial charge is 0.370 e. The average molecular weight is 581 g/mol. The van der Waals surface area contributed by atoms with Crippen LogP contribution in [-0.2, 0) is 25.6 Å². The van der Waals surface area contributed by atoms with E-state index in [2.05, 4.69) is 15.6 Å². The first-order chi connectivity index (χ1) is 20.1. The van der Waals surface area contributed by atoms with Gasteiger partial charge in [-0.1, -0.05) is 60.7 Å². The lowest BCUT2D eigenvalue weighted by molar-refractivity contribution is -0.132. The number of rotatable bonds is 19. The molecule has 0 radical (unpaired) electrons. The molecule has 0 fully saturated rings. The highest BCUT2D eigenvalue weighted by Crippen LogP contribution is 2.22. The van der Waals surface area contributed by atoms with E-state index in [0.29, 0.717) is 37.8 Å². The highest BCUT2D eigenvalue weighted by molar-refractivity contribution is 5.96. The van der Waals surface area contributed by atoms with E-state index < -0.39 is 41.8 Å². The van der Waals surface area contributed by atoms with E-state index in [0.717, 1.165) is 5.56 Å². The number of benzene rings is 2. The van der Waals surface area contributed by atoms with Crippen LogP contribution >= 0.6 is 0 Å². The first kappa shape index (κ1) is 33.9. The Balaban J connectivity index is 2.23. The summed E-state index contributed by atoms with van der Waals surface area (Å²) in [4.78, 5) is 56.2. The Morgan fingerprint density at radius 2 is 1.36 bits per heavy atom. The molecule has 0 aliphatic carbocycles. The number of Topliss-reactive ketones (excluding diaryl/α,β-unsaturated/α-hetero) is 1. The zero-order valence-corrected chi connectivity index (χ0v) is 23.9. The van der Waals surface area contributed by atoms with Crippen molar-refractivity contribution in [1.82, 2.24) is 10.6 Å². The maximum Gasteiger partial charge on any atom is 0.239 e. The predicted octanol–water partition coefficient (Wildman–Crippen LogP) is -0.0631. The van der Waals surface area contributed by atoms with Crippen molar-refractivity contribution < 1.29 is 19.2 Å². The molecule has 228 valence electrons. The van der Waals surface area contributed by atoms with E-state index in [-0.39, 0.29) is 37.6 Å². The van der Waals surface area contributed by atoms with Crippen LogP contribution in [0.1, 0.15) is 55.6 Å². The number of carbonyl (C=O) groups excluding carboxylic acids is 4. The number of guanidine groups is 1. The normalized spacial score (nSPS) is 13.7. The van der Waals surface area contributed by atoms with Crippen LogP contribution in [0.15, 0.2) is 65.7 Å². The second kappa shape index (κ2) is 18.2. The second-order valence-corrected chi connectivity index (χ2v) is 10.2.